The lowest BCUT2D eigenvalue weighted by Crippen LogP contribution is -2.02. The van der Waals surface area contributed by atoms with Crippen molar-refractivity contribution < 1.29 is 0 Å². The Morgan fingerprint density at radius 2 is 1.75 bits per heavy atom. The molecule has 0 rings (SSSR count). The van der Waals surface area contributed by atoms with Crippen molar-refractivity contribution in [3.05, 3.63) is 6.42 Å². The van der Waals surface area contributed by atoms with Crippen molar-refractivity contribution in [2.45, 2.75) is 34.1 Å². The Labute approximate surface area is 53.3 Å². The molecule has 48 valence electrons. The van der Waals surface area contributed by atoms with E-state index in [-0.39, 0.29) is 0 Å². The lowest BCUT2D eigenvalue weighted by molar-refractivity contribution is 0.414. The zero-order valence-corrected chi connectivity index (χ0v) is 6.44. The number of hydrogen-bond acceptors (Lipinski definition) is 0. The third kappa shape index (κ3) is 2.95. The topological polar surface area (TPSA) is 0 Å². The van der Waals surface area contributed by atoms with Crippen LogP contribution < -0.4 is 0 Å². The van der Waals surface area contributed by atoms with Crippen LogP contribution in [0.2, 0.25) is 0 Å². The average molecular weight is 113 g/mol. The van der Waals surface area contributed by atoms with E-state index in [0.717, 1.165) is 11.8 Å². The van der Waals surface area contributed by atoms with Gasteiger partial charge in [-0.1, -0.05) is 20.8 Å². The van der Waals surface area contributed by atoms with Gasteiger partial charge in [-0.3, -0.25) is 0 Å². The molecule has 0 saturated heterocycles. The Kier molecular flexibility index (Phi) is 3.76. The summed E-state index contributed by atoms with van der Waals surface area (Å²) in [6.45, 7) is 8.96. The van der Waals surface area contributed by atoms with E-state index in [1.807, 2.05) is 0 Å². The van der Waals surface area contributed by atoms with Crippen LogP contribution in [0, 0.1) is 18.3 Å². The van der Waals surface area contributed by atoms with Crippen molar-refractivity contribution in [1.82, 2.24) is 0 Å². The van der Waals surface area contributed by atoms with Crippen LogP contribution in [0.4, 0.5) is 0 Å². The summed E-state index contributed by atoms with van der Waals surface area (Å²) in [6, 6.07) is 0. The summed E-state index contributed by atoms with van der Waals surface area (Å²) in [4.78, 5) is 0. The minimum absolute atomic E-state index is 0.839. The molecule has 8 heavy (non-hydrogen) atoms. The molecule has 0 heterocycles. The Morgan fingerprint density at radius 1 is 1.25 bits per heavy atom. The molecule has 0 amide bonds. The molecule has 1 atom stereocenters. The van der Waals surface area contributed by atoms with Crippen molar-refractivity contribution in [1.29, 1.82) is 0 Å². The zero-order chi connectivity index (χ0) is 6.57. The lowest BCUT2D eigenvalue weighted by atomic mass is 9.94. The van der Waals surface area contributed by atoms with Crippen LogP contribution in [0.15, 0.2) is 0 Å². The number of rotatable bonds is 3. The van der Waals surface area contributed by atoms with Crippen molar-refractivity contribution >= 4 is 0 Å². The van der Waals surface area contributed by atoms with E-state index < -0.39 is 0 Å². The predicted octanol–water partition coefficient (Wildman–Crippen LogP) is 2.89. The third-order valence-electron chi connectivity index (χ3n) is 1.75. The normalized spacial score (nSPS) is 14.1. The molecular formula is C8H17+. The van der Waals surface area contributed by atoms with E-state index >= 15 is 0 Å². The summed E-state index contributed by atoms with van der Waals surface area (Å²) >= 11 is 0. The fraction of sp³-hybridized carbons (Fsp3) is 0.875. The van der Waals surface area contributed by atoms with Crippen LogP contribution in [-0.2, 0) is 0 Å². The first kappa shape index (κ1) is 7.87. The number of hydrogen-bond donors (Lipinski definition) is 0. The molecule has 0 aromatic carbocycles. The Bertz CT molecular complexity index is 46.0. The second-order valence-electron chi connectivity index (χ2n) is 2.87. The van der Waals surface area contributed by atoms with Gasteiger partial charge in [-0.15, -0.1) is 0 Å². The standard InChI is InChI=1S/C8H17/c1-5-6-8(4)7(2)3/h5,7-8H,6H2,1-4H3/q+1. The van der Waals surface area contributed by atoms with E-state index in [1.54, 1.807) is 0 Å². The molecule has 0 fully saturated rings. The van der Waals surface area contributed by atoms with Crippen LogP contribution in [-0.4, -0.2) is 0 Å². The molecule has 0 heteroatoms. The minimum atomic E-state index is 0.839. The molecule has 0 nitrogen and oxygen atoms in total. The summed E-state index contributed by atoms with van der Waals surface area (Å²) < 4.78 is 0. The summed E-state index contributed by atoms with van der Waals surface area (Å²) in [7, 11) is 0. The zero-order valence-electron chi connectivity index (χ0n) is 6.44. The van der Waals surface area contributed by atoms with Crippen LogP contribution in [0.25, 0.3) is 0 Å². The first-order valence-electron chi connectivity index (χ1n) is 3.46. The second-order valence-corrected chi connectivity index (χ2v) is 2.87. The largest absolute Gasteiger partial charge is 0.0900 e. The van der Waals surface area contributed by atoms with Gasteiger partial charge in [0, 0.05) is 0 Å². The van der Waals surface area contributed by atoms with Crippen molar-refractivity contribution in [2.24, 2.45) is 11.8 Å². The molecule has 0 spiro atoms. The highest BCUT2D eigenvalue weighted by Crippen LogP contribution is 2.14. The fourth-order valence-electron chi connectivity index (χ4n) is 0.644. The van der Waals surface area contributed by atoms with Crippen molar-refractivity contribution in [3.8, 4) is 0 Å². The molecule has 0 aliphatic rings. The minimum Gasteiger partial charge on any atom is -0.0624 e. The van der Waals surface area contributed by atoms with Crippen LogP contribution in [0.5, 0.6) is 0 Å². The van der Waals surface area contributed by atoms with Gasteiger partial charge in [-0.05, 0) is 11.8 Å². The second kappa shape index (κ2) is 3.82. The molecule has 0 aliphatic carbocycles. The molecule has 0 aliphatic heterocycles. The van der Waals surface area contributed by atoms with Gasteiger partial charge in [-0.25, -0.2) is 0 Å². The summed E-state index contributed by atoms with van der Waals surface area (Å²) in [5.41, 5.74) is 0. The molecule has 0 N–H and O–H groups in total. The monoisotopic (exact) mass is 113 g/mol. The van der Waals surface area contributed by atoms with Gasteiger partial charge in [0.05, 0.1) is 19.8 Å². The highest BCUT2D eigenvalue weighted by molar-refractivity contribution is 4.64. The maximum Gasteiger partial charge on any atom is 0.0900 e. The Morgan fingerprint density at radius 3 is 1.88 bits per heavy atom. The van der Waals surface area contributed by atoms with Crippen molar-refractivity contribution in [2.75, 3.05) is 0 Å². The maximum absolute atomic E-state index is 2.30. The van der Waals surface area contributed by atoms with E-state index in [4.69, 9.17) is 0 Å². The maximum atomic E-state index is 2.30. The van der Waals surface area contributed by atoms with Gasteiger partial charge in [0.2, 0.25) is 0 Å². The quantitative estimate of drug-likeness (QED) is 0.494. The average Bonchev–Trinajstić information content (AvgIpc) is 1.67. The summed E-state index contributed by atoms with van der Waals surface area (Å²) in [5, 5.41) is 0. The van der Waals surface area contributed by atoms with Crippen molar-refractivity contribution in [3.63, 3.8) is 0 Å². The van der Waals surface area contributed by atoms with Gasteiger partial charge in [0.25, 0.3) is 0 Å². The third-order valence-corrected chi connectivity index (χ3v) is 1.75. The molecule has 0 radical (unpaired) electrons. The van der Waals surface area contributed by atoms with Crippen LogP contribution >= 0.6 is 0 Å². The van der Waals surface area contributed by atoms with E-state index in [2.05, 4.69) is 34.1 Å². The molecule has 0 saturated carbocycles. The SMILES string of the molecule is C[CH+]CC(C)C(C)C. The smallest absolute Gasteiger partial charge is 0.0624 e. The highest BCUT2D eigenvalue weighted by Gasteiger charge is 2.08. The van der Waals surface area contributed by atoms with Gasteiger partial charge < -0.3 is 0 Å². The van der Waals surface area contributed by atoms with Gasteiger partial charge >= 0.3 is 0 Å². The highest BCUT2D eigenvalue weighted by atomic mass is 14.1. The molecule has 1 unspecified atom stereocenters. The van der Waals surface area contributed by atoms with Gasteiger partial charge in [0.15, 0.2) is 0 Å². The molecule has 0 aromatic heterocycles. The van der Waals surface area contributed by atoms with Crippen LogP contribution in [0.1, 0.15) is 34.1 Å². The van der Waals surface area contributed by atoms with E-state index in [0.29, 0.717) is 0 Å². The van der Waals surface area contributed by atoms with Gasteiger partial charge in [0.1, 0.15) is 0 Å². The summed E-state index contributed by atoms with van der Waals surface area (Å²) in [5.74, 6) is 1.70. The first-order chi connectivity index (χ1) is 3.68. The fourth-order valence-corrected chi connectivity index (χ4v) is 0.644. The Hall–Kier alpha value is -0.130. The molecular weight excluding hydrogens is 96.1 g/mol. The predicted molar refractivity (Wildman–Crippen MR) is 38.6 cm³/mol. The summed E-state index contributed by atoms with van der Waals surface area (Å²) in [6.07, 6.45) is 3.50. The first-order valence-corrected chi connectivity index (χ1v) is 3.46. The lowest BCUT2D eigenvalue weighted by Gasteiger charge is -2.08. The van der Waals surface area contributed by atoms with E-state index in [1.165, 1.54) is 6.42 Å². The Balaban J connectivity index is 3.17. The van der Waals surface area contributed by atoms with Gasteiger partial charge in [-0.2, -0.15) is 0 Å². The molecule has 0 aromatic rings. The van der Waals surface area contributed by atoms with Crippen LogP contribution in [0.3, 0.4) is 0 Å². The molecule has 0 bridgehead atoms. The van der Waals surface area contributed by atoms with E-state index in [9.17, 15) is 0 Å².